The van der Waals surface area contributed by atoms with E-state index in [0.717, 1.165) is 5.69 Å². The van der Waals surface area contributed by atoms with Gasteiger partial charge in [0.2, 0.25) is 0 Å². The summed E-state index contributed by atoms with van der Waals surface area (Å²) in [6, 6.07) is 3.54. The fourth-order valence-corrected chi connectivity index (χ4v) is 2.45. The van der Waals surface area contributed by atoms with Crippen molar-refractivity contribution in [1.82, 2.24) is 15.0 Å². The van der Waals surface area contributed by atoms with Gasteiger partial charge in [-0.2, -0.15) is 0 Å². The number of methoxy groups -OCH3 is 1. The summed E-state index contributed by atoms with van der Waals surface area (Å²) in [5.74, 6) is 1.86. The van der Waals surface area contributed by atoms with E-state index in [1.54, 1.807) is 26.6 Å². The zero-order chi connectivity index (χ0) is 17.6. The molecular formula is C16H21N5O4. The number of fused-ring (bicyclic) bond motifs is 1. The van der Waals surface area contributed by atoms with Crippen LogP contribution in [0.4, 0.5) is 16.4 Å². The number of carbonyl (C=O) groups excluding carboxylic acids is 1. The molecule has 1 aliphatic heterocycles. The molecule has 0 atom stereocenters. The molecule has 0 saturated carbocycles. The standard InChI is InChI=1S/C16H21N5O4/c1-20(16(22)25-8-7-23-2)14-4-3-13-15(19-14)21(5-6-24-13)10-12-9-17-11-18-12/h3-4,9,11H,5-8,10H2,1-2H3,(H,17,18). The predicted octanol–water partition coefficient (Wildman–Crippen LogP) is 1.42. The summed E-state index contributed by atoms with van der Waals surface area (Å²) < 4.78 is 15.7. The van der Waals surface area contributed by atoms with Crippen LogP contribution in [0.25, 0.3) is 0 Å². The van der Waals surface area contributed by atoms with Crippen LogP contribution in [0.2, 0.25) is 0 Å². The molecule has 2 aromatic heterocycles. The number of anilines is 2. The summed E-state index contributed by atoms with van der Waals surface area (Å²) in [7, 11) is 3.17. The number of rotatable bonds is 6. The van der Waals surface area contributed by atoms with Crippen molar-refractivity contribution in [3.63, 3.8) is 0 Å². The number of aromatic nitrogens is 3. The highest BCUT2D eigenvalue weighted by Crippen LogP contribution is 2.32. The van der Waals surface area contributed by atoms with E-state index in [1.165, 1.54) is 4.90 Å². The number of imidazole rings is 1. The molecule has 3 heterocycles. The number of nitrogens with one attached hydrogen (secondary N) is 1. The predicted molar refractivity (Wildman–Crippen MR) is 91.0 cm³/mol. The Balaban J connectivity index is 1.76. The first-order chi connectivity index (χ1) is 12.2. The summed E-state index contributed by atoms with van der Waals surface area (Å²) in [5, 5.41) is 0. The summed E-state index contributed by atoms with van der Waals surface area (Å²) in [6.07, 6.45) is 3.00. The minimum absolute atomic E-state index is 0.193. The van der Waals surface area contributed by atoms with Crippen LogP contribution in [0.3, 0.4) is 0 Å². The van der Waals surface area contributed by atoms with Crippen molar-refractivity contribution in [2.75, 3.05) is 50.3 Å². The fourth-order valence-electron chi connectivity index (χ4n) is 2.45. The SMILES string of the molecule is COCCOC(=O)N(C)c1ccc2c(n1)N(Cc1c[nH]cn1)CCO2. The third-order valence-corrected chi connectivity index (χ3v) is 3.78. The Morgan fingerprint density at radius 2 is 2.32 bits per heavy atom. The number of ether oxygens (including phenoxy) is 3. The van der Waals surface area contributed by atoms with Gasteiger partial charge in [0.15, 0.2) is 11.6 Å². The molecule has 0 aliphatic carbocycles. The van der Waals surface area contributed by atoms with Gasteiger partial charge in [-0.05, 0) is 12.1 Å². The first kappa shape index (κ1) is 17.0. The third-order valence-electron chi connectivity index (χ3n) is 3.78. The smallest absolute Gasteiger partial charge is 0.415 e. The second-order valence-corrected chi connectivity index (χ2v) is 5.49. The summed E-state index contributed by atoms with van der Waals surface area (Å²) >= 11 is 0. The number of pyridine rings is 1. The first-order valence-corrected chi connectivity index (χ1v) is 7.95. The highest BCUT2D eigenvalue weighted by atomic mass is 16.6. The Labute approximate surface area is 145 Å². The molecule has 0 saturated heterocycles. The topological polar surface area (TPSA) is 92.8 Å². The van der Waals surface area contributed by atoms with E-state index < -0.39 is 6.09 Å². The summed E-state index contributed by atoms with van der Waals surface area (Å²) in [4.78, 5) is 27.3. The van der Waals surface area contributed by atoms with Gasteiger partial charge in [0.05, 0.1) is 31.7 Å². The van der Waals surface area contributed by atoms with E-state index in [1.807, 2.05) is 12.3 Å². The number of hydrogen-bond acceptors (Lipinski definition) is 7. The maximum Gasteiger partial charge on any atom is 0.415 e. The molecule has 3 rings (SSSR count). The van der Waals surface area contributed by atoms with E-state index in [-0.39, 0.29) is 6.61 Å². The van der Waals surface area contributed by atoms with Gasteiger partial charge < -0.3 is 24.1 Å². The average molecular weight is 347 g/mol. The van der Waals surface area contributed by atoms with Gasteiger partial charge in [0.25, 0.3) is 0 Å². The zero-order valence-electron chi connectivity index (χ0n) is 14.3. The molecule has 1 N–H and O–H groups in total. The zero-order valence-corrected chi connectivity index (χ0v) is 14.3. The van der Waals surface area contributed by atoms with Crippen LogP contribution in [-0.4, -0.2) is 61.6 Å². The van der Waals surface area contributed by atoms with Crippen LogP contribution in [0.15, 0.2) is 24.7 Å². The van der Waals surface area contributed by atoms with Gasteiger partial charge in [-0.3, -0.25) is 4.90 Å². The average Bonchev–Trinajstić information content (AvgIpc) is 3.14. The molecule has 2 aromatic rings. The number of H-pyrrole nitrogens is 1. The van der Waals surface area contributed by atoms with Crippen molar-refractivity contribution in [2.24, 2.45) is 0 Å². The van der Waals surface area contributed by atoms with Crippen molar-refractivity contribution in [3.8, 4) is 5.75 Å². The molecule has 134 valence electrons. The molecule has 1 aliphatic rings. The number of aromatic amines is 1. The quantitative estimate of drug-likeness (QED) is 0.790. The molecule has 9 nitrogen and oxygen atoms in total. The normalized spacial score (nSPS) is 13.1. The van der Waals surface area contributed by atoms with Crippen LogP contribution >= 0.6 is 0 Å². The fraction of sp³-hybridized carbons (Fsp3) is 0.438. The second-order valence-electron chi connectivity index (χ2n) is 5.49. The maximum absolute atomic E-state index is 12.1. The van der Waals surface area contributed by atoms with Crippen molar-refractivity contribution in [2.45, 2.75) is 6.54 Å². The van der Waals surface area contributed by atoms with Gasteiger partial charge >= 0.3 is 6.09 Å². The Hall–Kier alpha value is -2.81. The van der Waals surface area contributed by atoms with Gasteiger partial charge in [-0.25, -0.2) is 14.8 Å². The van der Waals surface area contributed by atoms with Crippen LogP contribution in [0.1, 0.15) is 5.69 Å². The molecule has 25 heavy (non-hydrogen) atoms. The minimum Gasteiger partial charge on any atom is -0.488 e. The van der Waals surface area contributed by atoms with Gasteiger partial charge in [0, 0.05) is 20.4 Å². The number of hydrogen-bond donors (Lipinski definition) is 1. The van der Waals surface area contributed by atoms with Crippen molar-refractivity contribution in [3.05, 3.63) is 30.4 Å². The second kappa shape index (κ2) is 7.84. The highest BCUT2D eigenvalue weighted by Gasteiger charge is 2.23. The lowest BCUT2D eigenvalue weighted by Crippen LogP contribution is -2.34. The summed E-state index contributed by atoms with van der Waals surface area (Å²) in [5.41, 5.74) is 0.910. The van der Waals surface area contributed by atoms with E-state index in [2.05, 4.69) is 19.9 Å². The molecule has 0 bridgehead atoms. The van der Waals surface area contributed by atoms with Crippen LogP contribution < -0.4 is 14.5 Å². The lowest BCUT2D eigenvalue weighted by Gasteiger charge is -2.30. The molecule has 9 heteroatoms. The highest BCUT2D eigenvalue weighted by molar-refractivity contribution is 5.86. The van der Waals surface area contributed by atoms with E-state index in [0.29, 0.717) is 43.7 Å². The first-order valence-electron chi connectivity index (χ1n) is 7.95. The molecule has 0 radical (unpaired) electrons. The maximum atomic E-state index is 12.1. The lowest BCUT2D eigenvalue weighted by atomic mass is 10.3. The molecule has 1 amide bonds. The largest absolute Gasteiger partial charge is 0.488 e. The Morgan fingerprint density at radius 3 is 3.08 bits per heavy atom. The van der Waals surface area contributed by atoms with E-state index >= 15 is 0 Å². The van der Waals surface area contributed by atoms with Gasteiger partial charge in [0.1, 0.15) is 19.0 Å². The van der Waals surface area contributed by atoms with Crippen LogP contribution in [0, 0.1) is 0 Å². The lowest BCUT2D eigenvalue weighted by molar-refractivity contribution is 0.104. The Bertz CT molecular complexity index is 707. The van der Waals surface area contributed by atoms with E-state index in [4.69, 9.17) is 14.2 Å². The van der Waals surface area contributed by atoms with E-state index in [9.17, 15) is 4.79 Å². The number of nitrogens with zero attached hydrogens (tertiary/aromatic N) is 4. The Kier molecular flexibility index (Phi) is 5.34. The molecule has 0 aromatic carbocycles. The minimum atomic E-state index is -0.486. The monoisotopic (exact) mass is 347 g/mol. The number of carbonyl (C=O) groups is 1. The van der Waals surface area contributed by atoms with Crippen molar-refractivity contribution >= 4 is 17.7 Å². The van der Waals surface area contributed by atoms with Gasteiger partial charge in [-0.1, -0.05) is 0 Å². The third kappa shape index (κ3) is 4.00. The van der Waals surface area contributed by atoms with Crippen LogP contribution in [-0.2, 0) is 16.0 Å². The van der Waals surface area contributed by atoms with Gasteiger partial charge in [-0.15, -0.1) is 0 Å². The van der Waals surface area contributed by atoms with Crippen molar-refractivity contribution < 1.29 is 19.0 Å². The molecular weight excluding hydrogens is 326 g/mol. The summed E-state index contributed by atoms with van der Waals surface area (Å²) in [6.45, 7) is 2.42. The molecule has 0 spiro atoms. The Morgan fingerprint density at radius 1 is 1.44 bits per heavy atom. The van der Waals surface area contributed by atoms with Crippen molar-refractivity contribution in [1.29, 1.82) is 0 Å². The molecule has 0 unspecified atom stereocenters. The van der Waals surface area contributed by atoms with Crippen LogP contribution in [0.5, 0.6) is 5.75 Å². The molecule has 0 fully saturated rings. The number of amides is 1.